The Hall–Kier alpha value is -2.92. The zero-order valence-electron chi connectivity index (χ0n) is 17.5. The monoisotopic (exact) mass is 451 g/mol. The van der Waals surface area contributed by atoms with Gasteiger partial charge in [0, 0.05) is 13.1 Å². The maximum atomic E-state index is 13.3. The van der Waals surface area contributed by atoms with Crippen molar-refractivity contribution in [3.8, 4) is 0 Å². The SMILES string of the molecule is CCC1(N)C(c2ncc(N3CCOCC3)cn2)Cc2cc(C(F)(F)F)ccc2N1C(=O)O. The fraction of sp³-hybridized carbons (Fsp3) is 0.476. The van der Waals surface area contributed by atoms with Gasteiger partial charge in [-0.05, 0) is 36.6 Å². The molecule has 4 rings (SSSR count). The molecule has 1 saturated heterocycles. The topological polar surface area (TPSA) is 105 Å². The van der Waals surface area contributed by atoms with Gasteiger partial charge in [0.1, 0.15) is 11.5 Å². The first-order valence-corrected chi connectivity index (χ1v) is 10.3. The third-order valence-electron chi connectivity index (χ3n) is 6.20. The summed E-state index contributed by atoms with van der Waals surface area (Å²) < 4.78 is 45.2. The molecule has 0 spiro atoms. The molecule has 1 aromatic carbocycles. The smallest absolute Gasteiger partial charge is 0.416 e. The van der Waals surface area contributed by atoms with Crippen molar-refractivity contribution in [2.75, 3.05) is 36.1 Å². The molecule has 32 heavy (non-hydrogen) atoms. The van der Waals surface area contributed by atoms with Gasteiger partial charge in [0.05, 0.1) is 48.5 Å². The lowest BCUT2D eigenvalue weighted by Gasteiger charge is -2.48. The molecule has 2 aliphatic rings. The van der Waals surface area contributed by atoms with Gasteiger partial charge >= 0.3 is 12.3 Å². The number of hydrogen-bond acceptors (Lipinski definition) is 6. The van der Waals surface area contributed by atoms with Crippen LogP contribution in [0.4, 0.5) is 29.3 Å². The van der Waals surface area contributed by atoms with Crippen molar-refractivity contribution < 1.29 is 27.8 Å². The molecule has 3 heterocycles. The van der Waals surface area contributed by atoms with Crippen LogP contribution in [0, 0.1) is 0 Å². The zero-order valence-corrected chi connectivity index (χ0v) is 17.5. The second kappa shape index (κ2) is 8.21. The predicted octanol–water partition coefficient (Wildman–Crippen LogP) is 3.22. The number of hydrogen-bond donors (Lipinski definition) is 2. The number of nitrogens with zero attached hydrogens (tertiary/aromatic N) is 4. The van der Waals surface area contributed by atoms with Gasteiger partial charge in [-0.25, -0.2) is 14.8 Å². The molecule has 0 radical (unpaired) electrons. The molecule has 11 heteroatoms. The molecule has 1 aromatic heterocycles. The van der Waals surface area contributed by atoms with Gasteiger partial charge in [-0.15, -0.1) is 0 Å². The quantitative estimate of drug-likeness (QED) is 0.738. The van der Waals surface area contributed by atoms with Crippen molar-refractivity contribution in [2.24, 2.45) is 5.73 Å². The largest absolute Gasteiger partial charge is 0.465 e. The molecule has 8 nitrogen and oxygen atoms in total. The molecule has 2 aliphatic heterocycles. The van der Waals surface area contributed by atoms with E-state index in [-0.39, 0.29) is 24.1 Å². The standard InChI is InChI=1S/C21H24F3N5O3/c1-2-20(25)16(18-26-11-15(12-27-18)28-5-7-32-8-6-28)10-13-9-14(21(22,23)24)3-4-17(13)29(20)19(30)31/h3-4,9,11-12,16H,2,5-8,10,25H2,1H3,(H,30,31). The van der Waals surface area contributed by atoms with Gasteiger partial charge in [0.25, 0.3) is 0 Å². The molecule has 1 fully saturated rings. The third-order valence-corrected chi connectivity index (χ3v) is 6.20. The Balaban J connectivity index is 1.75. The Kier molecular flexibility index (Phi) is 5.72. The van der Waals surface area contributed by atoms with Crippen LogP contribution < -0.4 is 15.5 Å². The van der Waals surface area contributed by atoms with E-state index in [1.807, 2.05) is 0 Å². The summed E-state index contributed by atoms with van der Waals surface area (Å²) in [5.74, 6) is -0.431. The van der Waals surface area contributed by atoms with Crippen molar-refractivity contribution in [2.45, 2.75) is 37.5 Å². The normalized spacial score (nSPS) is 23.7. The second-order valence-electron chi connectivity index (χ2n) is 7.96. The highest BCUT2D eigenvalue weighted by Crippen LogP contribution is 2.45. The first-order chi connectivity index (χ1) is 15.1. The third kappa shape index (κ3) is 3.86. The highest BCUT2D eigenvalue weighted by Gasteiger charge is 2.49. The molecule has 172 valence electrons. The van der Waals surface area contributed by atoms with E-state index in [4.69, 9.17) is 10.5 Å². The van der Waals surface area contributed by atoms with Crippen LogP contribution in [0.15, 0.2) is 30.6 Å². The molecule has 2 atom stereocenters. The summed E-state index contributed by atoms with van der Waals surface area (Å²) in [6, 6.07) is 3.02. The van der Waals surface area contributed by atoms with Gasteiger partial charge in [-0.2, -0.15) is 13.2 Å². The fourth-order valence-corrected chi connectivity index (χ4v) is 4.42. The molecule has 3 N–H and O–H groups in total. The van der Waals surface area contributed by atoms with Crippen molar-refractivity contribution in [3.05, 3.63) is 47.5 Å². The summed E-state index contributed by atoms with van der Waals surface area (Å²) in [4.78, 5) is 24.1. The van der Waals surface area contributed by atoms with Gasteiger partial charge in [0.2, 0.25) is 0 Å². The highest BCUT2D eigenvalue weighted by atomic mass is 19.4. The number of aromatic nitrogens is 2. The summed E-state index contributed by atoms with van der Waals surface area (Å²) in [6.45, 7) is 4.32. The van der Waals surface area contributed by atoms with Crippen LogP contribution in [0.2, 0.25) is 0 Å². The summed E-state index contributed by atoms with van der Waals surface area (Å²) in [7, 11) is 0. The molecule has 2 unspecified atom stereocenters. The second-order valence-corrected chi connectivity index (χ2v) is 7.96. The minimum atomic E-state index is -4.54. The Morgan fingerprint density at radius 3 is 2.50 bits per heavy atom. The first-order valence-electron chi connectivity index (χ1n) is 10.3. The Labute approximate surface area is 182 Å². The number of carbonyl (C=O) groups is 1. The fourth-order valence-electron chi connectivity index (χ4n) is 4.42. The van der Waals surface area contributed by atoms with E-state index in [0.717, 1.165) is 22.7 Å². The summed E-state index contributed by atoms with van der Waals surface area (Å²) in [5, 5.41) is 9.92. The maximum Gasteiger partial charge on any atom is 0.416 e. The van der Waals surface area contributed by atoms with E-state index in [1.165, 1.54) is 6.07 Å². The van der Waals surface area contributed by atoms with Crippen LogP contribution in [0.1, 0.15) is 36.2 Å². The Bertz CT molecular complexity index is 995. The van der Waals surface area contributed by atoms with Gasteiger partial charge in [0.15, 0.2) is 0 Å². The van der Waals surface area contributed by atoms with Crippen LogP contribution in [-0.4, -0.2) is 53.1 Å². The molecule has 1 amide bonds. The molecule has 0 aliphatic carbocycles. The van der Waals surface area contributed by atoms with Gasteiger partial charge in [-0.1, -0.05) is 6.92 Å². The number of fused-ring (bicyclic) bond motifs is 1. The number of carboxylic acid groups (broad SMARTS) is 1. The minimum Gasteiger partial charge on any atom is -0.465 e. The van der Waals surface area contributed by atoms with E-state index >= 15 is 0 Å². The lowest BCUT2D eigenvalue weighted by Crippen LogP contribution is -2.64. The number of benzene rings is 1. The average molecular weight is 451 g/mol. The first kappa shape index (κ1) is 22.3. The number of alkyl halides is 3. The molecule has 0 saturated carbocycles. The predicted molar refractivity (Wildman–Crippen MR) is 111 cm³/mol. The Morgan fingerprint density at radius 2 is 1.94 bits per heavy atom. The number of morpholine rings is 1. The summed E-state index contributed by atoms with van der Waals surface area (Å²) >= 11 is 0. The van der Waals surface area contributed by atoms with E-state index in [1.54, 1.807) is 19.3 Å². The van der Waals surface area contributed by atoms with Crippen molar-refractivity contribution >= 4 is 17.5 Å². The van der Waals surface area contributed by atoms with Crippen molar-refractivity contribution in [1.29, 1.82) is 0 Å². The van der Waals surface area contributed by atoms with Crippen LogP contribution >= 0.6 is 0 Å². The van der Waals surface area contributed by atoms with E-state index in [2.05, 4.69) is 14.9 Å². The zero-order chi connectivity index (χ0) is 23.1. The number of nitrogens with two attached hydrogens (primary N) is 1. The average Bonchev–Trinajstić information content (AvgIpc) is 2.78. The van der Waals surface area contributed by atoms with Crippen LogP contribution in [-0.2, 0) is 17.3 Å². The summed E-state index contributed by atoms with van der Waals surface area (Å²) in [6.07, 6.45) is -2.31. The van der Waals surface area contributed by atoms with E-state index in [0.29, 0.717) is 32.1 Å². The number of ether oxygens (including phenoxy) is 1. The van der Waals surface area contributed by atoms with Crippen LogP contribution in [0.25, 0.3) is 0 Å². The van der Waals surface area contributed by atoms with Crippen molar-refractivity contribution in [1.82, 2.24) is 9.97 Å². The Morgan fingerprint density at radius 1 is 1.28 bits per heavy atom. The number of anilines is 2. The lowest BCUT2D eigenvalue weighted by atomic mass is 9.78. The molecular weight excluding hydrogens is 427 g/mol. The number of halogens is 3. The minimum absolute atomic E-state index is 0.0876. The molecule has 2 aromatic rings. The highest BCUT2D eigenvalue weighted by molar-refractivity contribution is 5.90. The number of rotatable bonds is 3. The maximum absolute atomic E-state index is 13.3. The lowest BCUT2D eigenvalue weighted by molar-refractivity contribution is -0.137. The van der Waals surface area contributed by atoms with Crippen LogP contribution in [0.3, 0.4) is 0 Å². The molecule has 0 bridgehead atoms. The van der Waals surface area contributed by atoms with E-state index in [9.17, 15) is 23.1 Å². The van der Waals surface area contributed by atoms with Crippen LogP contribution in [0.5, 0.6) is 0 Å². The molecular formula is C21H24F3N5O3. The van der Waals surface area contributed by atoms with Gasteiger partial charge < -0.3 is 20.5 Å². The number of amides is 1. The van der Waals surface area contributed by atoms with E-state index < -0.39 is 29.4 Å². The van der Waals surface area contributed by atoms with Crippen molar-refractivity contribution in [3.63, 3.8) is 0 Å². The van der Waals surface area contributed by atoms with Gasteiger partial charge in [-0.3, -0.25) is 4.90 Å². The summed E-state index contributed by atoms with van der Waals surface area (Å²) in [5.41, 5.74) is 5.54.